The summed E-state index contributed by atoms with van der Waals surface area (Å²) in [4.78, 5) is 0.260. The summed E-state index contributed by atoms with van der Waals surface area (Å²) in [7, 11) is 0. The maximum atomic E-state index is 6.57. The van der Waals surface area contributed by atoms with Crippen LogP contribution in [0.4, 0.5) is 0 Å². The first kappa shape index (κ1) is 13.7. The first-order valence-electron chi connectivity index (χ1n) is 6.40. The van der Waals surface area contributed by atoms with Crippen LogP contribution in [0.5, 0.6) is 0 Å². The Bertz CT molecular complexity index is 367. The van der Waals surface area contributed by atoms with Crippen LogP contribution in [0.25, 0.3) is 0 Å². The maximum Gasteiger partial charge on any atom is 0.0544 e. The molecule has 0 nitrogen and oxygen atoms in total. The molecular formula is C15H22BrCl. The minimum absolute atomic E-state index is 0.108. The van der Waals surface area contributed by atoms with E-state index in [9.17, 15) is 0 Å². The Morgan fingerprint density at radius 2 is 2.00 bits per heavy atom. The molecule has 1 spiro atoms. The Kier molecular flexibility index (Phi) is 3.32. The molecule has 1 saturated carbocycles. The third kappa shape index (κ3) is 2.04. The molecule has 0 unspecified atom stereocenters. The normalized spacial score (nSPS) is 45.2. The SMILES string of the molecule is C=C1CC=CC(C)(C)[C@]12CC[C@](C)(Cl)[C@@H](Br)C2. The number of hydrogen-bond acceptors (Lipinski definition) is 0. The molecular weight excluding hydrogens is 296 g/mol. The zero-order valence-corrected chi connectivity index (χ0v) is 13.4. The lowest BCUT2D eigenvalue weighted by molar-refractivity contribution is 0.0894. The summed E-state index contributed by atoms with van der Waals surface area (Å²) in [6, 6.07) is 0. The fraction of sp³-hybridized carbons (Fsp3) is 0.733. The fourth-order valence-corrected chi connectivity index (χ4v) is 4.40. The monoisotopic (exact) mass is 316 g/mol. The second kappa shape index (κ2) is 4.13. The van der Waals surface area contributed by atoms with Gasteiger partial charge in [-0.1, -0.05) is 54.1 Å². The number of hydrogen-bond donors (Lipinski definition) is 0. The smallest absolute Gasteiger partial charge is 0.0544 e. The molecule has 2 aliphatic carbocycles. The molecule has 0 amide bonds. The van der Waals surface area contributed by atoms with Gasteiger partial charge in [0.2, 0.25) is 0 Å². The number of alkyl halides is 2. The average Bonchev–Trinajstić information content (AvgIpc) is 2.20. The summed E-state index contributed by atoms with van der Waals surface area (Å²) in [5.74, 6) is 0. The van der Waals surface area contributed by atoms with E-state index in [2.05, 4.69) is 55.4 Å². The van der Waals surface area contributed by atoms with Crippen LogP contribution in [-0.2, 0) is 0 Å². The standard InChI is InChI=1S/C15H22BrCl/c1-11-6-5-7-13(2,3)15(11)9-8-14(4,17)12(16)10-15/h5,7,12H,1,6,8-10H2,2-4H3/t12-,14-,15-/m0/s1. The van der Waals surface area contributed by atoms with Crippen LogP contribution in [0.15, 0.2) is 24.3 Å². The molecule has 0 N–H and O–H groups in total. The van der Waals surface area contributed by atoms with Gasteiger partial charge in [-0.05, 0) is 38.0 Å². The number of rotatable bonds is 0. The second-order valence-electron chi connectivity index (χ2n) is 6.46. The molecule has 3 atom stereocenters. The van der Waals surface area contributed by atoms with Gasteiger partial charge in [-0.25, -0.2) is 0 Å². The van der Waals surface area contributed by atoms with E-state index < -0.39 is 0 Å². The van der Waals surface area contributed by atoms with Crippen molar-refractivity contribution in [3.8, 4) is 0 Å². The molecule has 2 heteroatoms. The van der Waals surface area contributed by atoms with Crippen molar-refractivity contribution in [3.63, 3.8) is 0 Å². The quantitative estimate of drug-likeness (QED) is 0.411. The molecule has 0 heterocycles. The zero-order chi connectivity index (χ0) is 12.9. The molecule has 0 aromatic carbocycles. The van der Waals surface area contributed by atoms with Gasteiger partial charge in [0.05, 0.1) is 4.87 Å². The lowest BCUT2D eigenvalue weighted by atomic mass is 9.52. The Hall–Kier alpha value is 0.250. The van der Waals surface area contributed by atoms with Crippen LogP contribution < -0.4 is 0 Å². The summed E-state index contributed by atoms with van der Waals surface area (Å²) < 4.78 is 0. The largest absolute Gasteiger partial charge is 0.118 e. The van der Waals surface area contributed by atoms with Crippen LogP contribution in [0.1, 0.15) is 46.5 Å². The predicted octanol–water partition coefficient (Wildman–Crippen LogP) is 5.46. The van der Waals surface area contributed by atoms with Crippen molar-refractivity contribution in [1.82, 2.24) is 0 Å². The summed E-state index contributed by atoms with van der Waals surface area (Å²) in [5.41, 5.74) is 1.81. The van der Waals surface area contributed by atoms with E-state index in [0.717, 1.165) is 25.7 Å². The van der Waals surface area contributed by atoms with E-state index >= 15 is 0 Å². The lowest BCUT2D eigenvalue weighted by Crippen LogP contribution is -2.50. The Balaban J connectivity index is 2.37. The first-order valence-corrected chi connectivity index (χ1v) is 7.70. The highest BCUT2D eigenvalue weighted by Crippen LogP contribution is 2.61. The van der Waals surface area contributed by atoms with Gasteiger partial charge in [0, 0.05) is 10.2 Å². The third-order valence-corrected chi connectivity index (χ3v) is 7.08. The molecule has 0 saturated heterocycles. The van der Waals surface area contributed by atoms with Gasteiger partial charge in [0.15, 0.2) is 0 Å². The average molecular weight is 318 g/mol. The van der Waals surface area contributed by atoms with Crippen molar-refractivity contribution in [2.75, 3.05) is 0 Å². The van der Waals surface area contributed by atoms with Crippen molar-refractivity contribution < 1.29 is 0 Å². The Morgan fingerprint density at radius 1 is 1.35 bits per heavy atom. The van der Waals surface area contributed by atoms with Crippen molar-refractivity contribution in [3.05, 3.63) is 24.3 Å². The summed E-state index contributed by atoms with van der Waals surface area (Å²) in [6.45, 7) is 11.2. The van der Waals surface area contributed by atoms with Gasteiger partial charge in [0.1, 0.15) is 0 Å². The topological polar surface area (TPSA) is 0 Å². The van der Waals surface area contributed by atoms with Crippen molar-refractivity contribution in [1.29, 1.82) is 0 Å². The van der Waals surface area contributed by atoms with Crippen LogP contribution >= 0.6 is 27.5 Å². The van der Waals surface area contributed by atoms with Gasteiger partial charge < -0.3 is 0 Å². The summed E-state index contributed by atoms with van der Waals surface area (Å²) in [5, 5.41) is 0. The van der Waals surface area contributed by atoms with Crippen LogP contribution in [0, 0.1) is 10.8 Å². The highest BCUT2D eigenvalue weighted by Gasteiger charge is 2.53. The minimum atomic E-state index is -0.108. The molecule has 17 heavy (non-hydrogen) atoms. The molecule has 0 aromatic rings. The van der Waals surface area contributed by atoms with Crippen LogP contribution in [-0.4, -0.2) is 9.70 Å². The fourth-order valence-electron chi connectivity index (χ4n) is 3.45. The molecule has 1 fully saturated rings. The van der Waals surface area contributed by atoms with E-state index in [0.29, 0.717) is 4.83 Å². The van der Waals surface area contributed by atoms with Gasteiger partial charge in [0.25, 0.3) is 0 Å². The molecule has 2 rings (SSSR count). The molecule has 2 aliphatic rings. The molecule has 0 aromatic heterocycles. The maximum absolute atomic E-state index is 6.57. The zero-order valence-electron chi connectivity index (χ0n) is 11.0. The first-order chi connectivity index (χ1) is 7.71. The Morgan fingerprint density at radius 3 is 2.53 bits per heavy atom. The second-order valence-corrected chi connectivity index (χ2v) is 8.43. The van der Waals surface area contributed by atoms with E-state index in [1.807, 2.05) is 0 Å². The molecule has 0 radical (unpaired) electrons. The van der Waals surface area contributed by atoms with E-state index in [4.69, 9.17) is 11.6 Å². The van der Waals surface area contributed by atoms with Gasteiger partial charge in [-0.2, -0.15) is 0 Å². The minimum Gasteiger partial charge on any atom is -0.118 e. The molecule has 0 bridgehead atoms. The van der Waals surface area contributed by atoms with Crippen LogP contribution in [0.3, 0.4) is 0 Å². The van der Waals surface area contributed by atoms with E-state index in [1.54, 1.807) is 0 Å². The highest BCUT2D eigenvalue weighted by molar-refractivity contribution is 9.09. The van der Waals surface area contributed by atoms with Crippen molar-refractivity contribution >= 4 is 27.5 Å². The number of allylic oxidation sites excluding steroid dienone is 3. The van der Waals surface area contributed by atoms with E-state index in [1.165, 1.54) is 5.57 Å². The third-order valence-electron chi connectivity index (χ3n) is 5.03. The van der Waals surface area contributed by atoms with Crippen molar-refractivity contribution in [2.45, 2.75) is 56.2 Å². The highest BCUT2D eigenvalue weighted by atomic mass is 79.9. The van der Waals surface area contributed by atoms with Crippen LogP contribution in [0.2, 0.25) is 0 Å². The molecule has 0 aliphatic heterocycles. The van der Waals surface area contributed by atoms with E-state index in [-0.39, 0.29) is 15.7 Å². The number of halogens is 2. The van der Waals surface area contributed by atoms with Crippen molar-refractivity contribution in [2.24, 2.45) is 10.8 Å². The predicted molar refractivity (Wildman–Crippen MR) is 79.9 cm³/mol. The lowest BCUT2D eigenvalue weighted by Gasteiger charge is -2.55. The Labute approximate surface area is 119 Å². The van der Waals surface area contributed by atoms with Gasteiger partial charge >= 0.3 is 0 Å². The van der Waals surface area contributed by atoms with Gasteiger partial charge in [-0.3, -0.25) is 0 Å². The summed E-state index contributed by atoms with van der Waals surface area (Å²) >= 11 is 10.4. The van der Waals surface area contributed by atoms with Gasteiger partial charge in [-0.15, -0.1) is 11.6 Å². The summed E-state index contributed by atoms with van der Waals surface area (Å²) in [6.07, 6.45) is 8.99. The molecule has 96 valence electrons.